The fraction of sp³-hybridized carbons (Fsp3) is 0.900. The molecule has 6 heteroatoms. The first-order valence-corrected chi connectivity index (χ1v) is 10.4. The van der Waals surface area contributed by atoms with Gasteiger partial charge in [0.15, 0.2) is 5.96 Å². The van der Waals surface area contributed by atoms with Crippen LogP contribution in [0.2, 0.25) is 0 Å². The van der Waals surface area contributed by atoms with Crippen LogP contribution >= 0.6 is 0 Å². The van der Waals surface area contributed by atoms with Crippen LogP contribution in [0, 0.1) is 5.92 Å². The van der Waals surface area contributed by atoms with Crippen molar-refractivity contribution in [2.75, 3.05) is 32.8 Å². The summed E-state index contributed by atoms with van der Waals surface area (Å²) in [5, 5.41) is 6.54. The zero-order valence-electron chi connectivity index (χ0n) is 17.5. The molecule has 0 spiro atoms. The predicted octanol–water partition coefficient (Wildman–Crippen LogP) is 2.78. The molecule has 1 rings (SSSR count). The Hall–Kier alpha value is -1.30. The van der Waals surface area contributed by atoms with Gasteiger partial charge >= 0.3 is 0 Å². The van der Waals surface area contributed by atoms with Crippen LogP contribution in [-0.2, 0) is 9.53 Å². The Kier molecular flexibility index (Phi) is 11.3. The van der Waals surface area contributed by atoms with Crippen molar-refractivity contribution in [3.05, 3.63) is 0 Å². The number of hydrogen-bond donors (Lipinski definition) is 2. The molecule has 0 aromatic heterocycles. The van der Waals surface area contributed by atoms with E-state index < -0.39 is 0 Å². The summed E-state index contributed by atoms with van der Waals surface area (Å²) in [5.74, 6) is 1.52. The Morgan fingerprint density at radius 3 is 2.65 bits per heavy atom. The van der Waals surface area contributed by atoms with Gasteiger partial charge in [0.2, 0.25) is 5.91 Å². The van der Waals surface area contributed by atoms with Crippen molar-refractivity contribution in [1.29, 1.82) is 0 Å². The first-order valence-electron chi connectivity index (χ1n) is 10.4. The summed E-state index contributed by atoms with van der Waals surface area (Å²) < 4.78 is 5.77. The SMILES string of the molecule is CCNC(=NCCC(OCC)C(C)C)NCCC(=O)N1CCCCC1C. The van der Waals surface area contributed by atoms with Crippen LogP contribution in [0.3, 0.4) is 0 Å². The monoisotopic (exact) mass is 368 g/mol. The summed E-state index contributed by atoms with van der Waals surface area (Å²) in [6.07, 6.45) is 5.16. The molecule has 26 heavy (non-hydrogen) atoms. The van der Waals surface area contributed by atoms with E-state index in [9.17, 15) is 4.79 Å². The Labute approximate surface area is 160 Å². The minimum atomic E-state index is 0.244. The Bertz CT molecular complexity index is 426. The fourth-order valence-electron chi connectivity index (χ4n) is 3.37. The molecule has 1 heterocycles. The van der Waals surface area contributed by atoms with Crippen LogP contribution in [0.15, 0.2) is 4.99 Å². The maximum Gasteiger partial charge on any atom is 0.224 e. The van der Waals surface area contributed by atoms with Crippen LogP contribution in [0.1, 0.15) is 66.7 Å². The number of nitrogens with zero attached hydrogens (tertiary/aromatic N) is 2. The van der Waals surface area contributed by atoms with Gasteiger partial charge in [0.05, 0.1) is 6.10 Å². The van der Waals surface area contributed by atoms with Gasteiger partial charge in [-0.05, 0) is 52.4 Å². The smallest absolute Gasteiger partial charge is 0.224 e. The highest BCUT2D eigenvalue weighted by Gasteiger charge is 2.22. The largest absolute Gasteiger partial charge is 0.378 e. The van der Waals surface area contributed by atoms with Crippen molar-refractivity contribution < 1.29 is 9.53 Å². The molecule has 0 aliphatic carbocycles. The summed E-state index contributed by atoms with van der Waals surface area (Å²) in [5.41, 5.74) is 0. The second kappa shape index (κ2) is 13.0. The zero-order chi connectivity index (χ0) is 19.4. The number of piperidine rings is 1. The second-order valence-electron chi connectivity index (χ2n) is 7.40. The molecule has 1 aliphatic heterocycles. The van der Waals surface area contributed by atoms with Crippen molar-refractivity contribution in [2.24, 2.45) is 10.9 Å². The van der Waals surface area contributed by atoms with E-state index >= 15 is 0 Å². The van der Waals surface area contributed by atoms with Gasteiger partial charge in [-0.3, -0.25) is 9.79 Å². The van der Waals surface area contributed by atoms with Gasteiger partial charge in [0, 0.05) is 45.2 Å². The third-order valence-corrected chi connectivity index (χ3v) is 4.91. The van der Waals surface area contributed by atoms with Crippen molar-refractivity contribution in [3.63, 3.8) is 0 Å². The quantitative estimate of drug-likeness (QED) is 0.460. The van der Waals surface area contributed by atoms with E-state index in [0.717, 1.165) is 51.5 Å². The van der Waals surface area contributed by atoms with Gasteiger partial charge in [-0.15, -0.1) is 0 Å². The number of aliphatic imine (C=N–C) groups is 1. The van der Waals surface area contributed by atoms with Crippen LogP contribution in [0.25, 0.3) is 0 Å². The predicted molar refractivity (Wildman–Crippen MR) is 108 cm³/mol. The molecule has 6 nitrogen and oxygen atoms in total. The number of carbonyl (C=O) groups is 1. The van der Waals surface area contributed by atoms with Gasteiger partial charge in [0.1, 0.15) is 0 Å². The maximum absolute atomic E-state index is 12.4. The number of carbonyl (C=O) groups excluding carboxylic acids is 1. The lowest BCUT2D eigenvalue weighted by Crippen LogP contribution is -2.44. The summed E-state index contributed by atoms with van der Waals surface area (Å²) in [7, 11) is 0. The first-order chi connectivity index (χ1) is 12.5. The molecule has 2 unspecified atom stereocenters. The third-order valence-electron chi connectivity index (χ3n) is 4.91. The van der Waals surface area contributed by atoms with Gasteiger partial charge in [0.25, 0.3) is 0 Å². The highest BCUT2D eigenvalue weighted by molar-refractivity contribution is 5.81. The average Bonchev–Trinajstić information content (AvgIpc) is 2.61. The normalized spacial score (nSPS) is 19.5. The molecule has 0 aromatic rings. The molecule has 1 aliphatic rings. The van der Waals surface area contributed by atoms with E-state index in [2.05, 4.69) is 43.3 Å². The van der Waals surface area contributed by atoms with Gasteiger partial charge in [-0.25, -0.2) is 0 Å². The molecule has 1 amide bonds. The number of amides is 1. The molecule has 0 radical (unpaired) electrons. The lowest BCUT2D eigenvalue weighted by Gasteiger charge is -2.33. The molecule has 0 aromatic carbocycles. The summed E-state index contributed by atoms with van der Waals surface area (Å²) in [6.45, 7) is 14.4. The average molecular weight is 369 g/mol. The number of guanidine groups is 1. The Morgan fingerprint density at radius 2 is 2.04 bits per heavy atom. The molecule has 152 valence electrons. The van der Waals surface area contributed by atoms with Crippen molar-refractivity contribution >= 4 is 11.9 Å². The fourth-order valence-corrected chi connectivity index (χ4v) is 3.37. The first kappa shape index (κ1) is 22.7. The summed E-state index contributed by atoms with van der Waals surface area (Å²) in [6, 6.07) is 0.379. The molecule has 2 N–H and O–H groups in total. The lowest BCUT2D eigenvalue weighted by molar-refractivity contribution is -0.134. The molecule has 2 atom stereocenters. The van der Waals surface area contributed by atoms with E-state index in [4.69, 9.17) is 4.74 Å². The second-order valence-corrected chi connectivity index (χ2v) is 7.40. The van der Waals surface area contributed by atoms with Crippen molar-refractivity contribution in [1.82, 2.24) is 15.5 Å². The maximum atomic E-state index is 12.4. The number of ether oxygens (including phenoxy) is 1. The van der Waals surface area contributed by atoms with E-state index in [1.165, 1.54) is 6.42 Å². The summed E-state index contributed by atoms with van der Waals surface area (Å²) >= 11 is 0. The molecular formula is C20H40N4O2. The van der Waals surface area contributed by atoms with Crippen molar-refractivity contribution in [2.45, 2.75) is 78.9 Å². The zero-order valence-corrected chi connectivity index (χ0v) is 17.5. The van der Waals surface area contributed by atoms with Crippen LogP contribution in [0.4, 0.5) is 0 Å². The topological polar surface area (TPSA) is 66.0 Å². The molecule has 0 saturated carbocycles. The number of hydrogen-bond acceptors (Lipinski definition) is 3. The molecular weight excluding hydrogens is 328 g/mol. The van der Waals surface area contributed by atoms with E-state index in [1.807, 2.05) is 11.8 Å². The lowest BCUT2D eigenvalue weighted by atomic mass is 10.0. The van der Waals surface area contributed by atoms with Gasteiger partial charge < -0.3 is 20.3 Å². The van der Waals surface area contributed by atoms with Crippen LogP contribution in [-0.4, -0.2) is 61.7 Å². The molecule has 1 saturated heterocycles. The van der Waals surface area contributed by atoms with Crippen molar-refractivity contribution in [3.8, 4) is 0 Å². The van der Waals surface area contributed by atoms with Crippen LogP contribution in [0.5, 0.6) is 0 Å². The van der Waals surface area contributed by atoms with Gasteiger partial charge in [-0.1, -0.05) is 13.8 Å². The number of likely N-dealkylation sites (tertiary alicyclic amines) is 1. The Balaban J connectivity index is 2.40. The number of rotatable bonds is 10. The molecule has 1 fully saturated rings. The van der Waals surface area contributed by atoms with Crippen LogP contribution < -0.4 is 10.6 Å². The van der Waals surface area contributed by atoms with E-state index in [-0.39, 0.29) is 12.0 Å². The minimum absolute atomic E-state index is 0.244. The van der Waals surface area contributed by atoms with E-state index in [0.29, 0.717) is 24.9 Å². The highest BCUT2D eigenvalue weighted by Crippen LogP contribution is 2.17. The third kappa shape index (κ3) is 8.39. The number of nitrogens with one attached hydrogen (secondary N) is 2. The van der Waals surface area contributed by atoms with E-state index in [1.54, 1.807) is 0 Å². The minimum Gasteiger partial charge on any atom is -0.378 e. The van der Waals surface area contributed by atoms with Gasteiger partial charge in [-0.2, -0.15) is 0 Å². The standard InChI is InChI=1S/C20H40N4O2/c1-6-21-20(22-13-11-18(16(3)4)26-7-2)23-14-12-19(25)24-15-9-8-10-17(24)5/h16-18H,6-15H2,1-5H3,(H2,21,22,23). The molecule has 0 bridgehead atoms. The summed E-state index contributed by atoms with van der Waals surface area (Å²) in [4.78, 5) is 19.1. The highest BCUT2D eigenvalue weighted by atomic mass is 16.5. The Morgan fingerprint density at radius 1 is 1.27 bits per heavy atom.